The van der Waals surface area contributed by atoms with Crippen molar-refractivity contribution in [3.63, 3.8) is 0 Å². The Bertz CT molecular complexity index is 546. The summed E-state index contributed by atoms with van der Waals surface area (Å²) in [6.07, 6.45) is 2.22. The number of nitrogens with zero attached hydrogens (tertiary/aromatic N) is 1. The second-order valence-corrected chi connectivity index (χ2v) is 5.52. The number of amidine groups is 1. The van der Waals surface area contributed by atoms with Gasteiger partial charge >= 0.3 is 0 Å². The van der Waals surface area contributed by atoms with Crippen molar-refractivity contribution < 1.29 is 0 Å². The van der Waals surface area contributed by atoms with E-state index in [1.54, 1.807) is 0 Å². The van der Waals surface area contributed by atoms with Crippen LogP contribution in [0.25, 0.3) is 5.57 Å². The first-order chi connectivity index (χ1) is 8.66. The molecule has 2 nitrogen and oxygen atoms in total. The molecule has 1 atom stereocenters. The number of hydrogen-bond acceptors (Lipinski definition) is 2. The van der Waals surface area contributed by atoms with Crippen LogP contribution in [-0.4, -0.2) is 18.9 Å². The second kappa shape index (κ2) is 4.43. The topological polar surface area (TPSA) is 24.4 Å². The molecule has 0 aromatic heterocycles. The van der Waals surface area contributed by atoms with Crippen molar-refractivity contribution in [2.75, 3.05) is 13.1 Å². The Morgan fingerprint density at radius 3 is 3.00 bits per heavy atom. The Morgan fingerprint density at radius 2 is 2.33 bits per heavy atom. The van der Waals surface area contributed by atoms with Crippen molar-refractivity contribution in [1.82, 2.24) is 5.32 Å². The van der Waals surface area contributed by atoms with Gasteiger partial charge in [0.05, 0.1) is 6.54 Å². The van der Waals surface area contributed by atoms with Crippen molar-refractivity contribution in [2.24, 2.45) is 4.99 Å². The summed E-state index contributed by atoms with van der Waals surface area (Å²) in [5.74, 6) is 1.54. The Labute approximate surface area is 113 Å². The van der Waals surface area contributed by atoms with Gasteiger partial charge in [0.15, 0.2) is 0 Å². The lowest BCUT2D eigenvalue weighted by atomic mass is 9.95. The average Bonchev–Trinajstić information content (AvgIpc) is 2.94. The molecule has 3 rings (SSSR count). The highest BCUT2D eigenvalue weighted by Gasteiger charge is 2.30. The molecule has 3 heteroatoms. The van der Waals surface area contributed by atoms with Gasteiger partial charge in [0, 0.05) is 17.5 Å². The number of halogens is 1. The first kappa shape index (κ1) is 11.8. The van der Waals surface area contributed by atoms with Crippen LogP contribution < -0.4 is 5.32 Å². The highest BCUT2D eigenvalue weighted by atomic mass is 35.5. The van der Waals surface area contributed by atoms with E-state index in [4.69, 9.17) is 11.6 Å². The van der Waals surface area contributed by atoms with Gasteiger partial charge in [0.2, 0.25) is 0 Å². The van der Waals surface area contributed by atoms with Crippen LogP contribution in [0.5, 0.6) is 0 Å². The summed E-state index contributed by atoms with van der Waals surface area (Å²) in [5, 5.41) is 4.20. The number of benzene rings is 1. The van der Waals surface area contributed by atoms with E-state index in [2.05, 4.69) is 23.0 Å². The summed E-state index contributed by atoms with van der Waals surface area (Å²) in [6, 6.07) is 4.14. The largest absolute Gasteiger partial charge is 0.371 e. The fraction of sp³-hybridized carbons (Fsp3) is 0.400. The zero-order valence-corrected chi connectivity index (χ0v) is 11.3. The van der Waals surface area contributed by atoms with E-state index in [0.29, 0.717) is 5.92 Å². The van der Waals surface area contributed by atoms with E-state index in [1.807, 2.05) is 13.0 Å². The van der Waals surface area contributed by atoms with E-state index in [9.17, 15) is 0 Å². The number of allylic oxidation sites excluding steroid dienone is 1. The maximum absolute atomic E-state index is 6.24. The van der Waals surface area contributed by atoms with E-state index in [1.165, 1.54) is 16.7 Å². The molecule has 0 amide bonds. The highest BCUT2D eigenvalue weighted by Crippen LogP contribution is 2.39. The molecule has 0 radical (unpaired) electrons. The van der Waals surface area contributed by atoms with Crippen LogP contribution in [0.3, 0.4) is 0 Å². The molecule has 0 saturated heterocycles. The van der Waals surface area contributed by atoms with Crippen molar-refractivity contribution in [3.05, 3.63) is 40.4 Å². The quantitative estimate of drug-likeness (QED) is 0.866. The Hall–Kier alpha value is -1.28. The summed E-state index contributed by atoms with van der Waals surface area (Å²) < 4.78 is 0. The number of hydrogen-bond donors (Lipinski definition) is 1. The molecule has 0 bridgehead atoms. The standard InChI is InChI=1S/C15H17ClN2/c1-9(2)13-7-10(16)8-14-11(13)3-4-12(14)15-17-5-6-18-15/h7-8,12H,1,3-6H2,2H3,(H,17,18). The third-order valence-electron chi connectivity index (χ3n) is 3.80. The lowest BCUT2D eigenvalue weighted by Gasteiger charge is -2.14. The Kier molecular flexibility index (Phi) is 2.90. The van der Waals surface area contributed by atoms with Crippen LogP contribution >= 0.6 is 11.6 Å². The molecule has 94 valence electrons. The van der Waals surface area contributed by atoms with E-state index >= 15 is 0 Å². The summed E-state index contributed by atoms with van der Waals surface area (Å²) in [5.41, 5.74) is 5.07. The predicted octanol–water partition coefficient (Wildman–Crippen LogP) is 3.40. The zero-order valence-electron chi connectivity index (χ0n) is 10.6. The van der Waals surface area contributed by atoms with Gasteiger partial charge in [-0.3, -0.25) is 4.99 Å². The van der Waals surface area contributed by atoms with Crippen LogP contribution in [0.1, 0.15) is 36.0 Å². The molecule has 1 aliphatic heterocycles. The van der Waals surface area contributed by atoms with Crippen molar-refractivity contribution >= 4 is 23.0 Å². The molecule has 1 aromatic rings. The summed E-state index contributed by atoms with van der Waals surface area (Å²) in [7, 11) is 0. The van der Waals surface area contributed by atoms with Crippen LogP contribution in [0.15, 0.2) is 23.7 Å². The predicted molar refractivity (Wildman–Crippen MR) is 77.5 cm³/mol. The van der Waals surface area contributed by atoms with Crippen LogP contribution in [0.4, 0.5) is 0 Å². The molecule has 0 spiro atoms. The van der Waals surface area contributed by atoms with E-state index in [0.717, 1.165) is 42.4 Å². The van der Waals surface area contributed by atoms with Gasteiger partial charge in [-0.05, 0) is 48.6 Å². The fourth-order valence-corrected chi connectivity index (χ4v) is 3.23. The van der Waals surface area contributed by atoms with Crippen LogP contribution in [0.2, 0.25) is 5.02 Å². The molecule has 1 aliphatic carbocycles. The Balaban J connectivity index is 2.08. The maximum Gasteiger partial charge on any atom is 0.104 e. The minimum atomic E-state index is 0.402. The smallest absolute Gasteiger partial charge is 0.104 e. The third kappa shape index (κ3) is 1.85. The maximum atomic E-state index is 6.24. The van der Waals surface area contributed by atoms with E-state index < -0.39 is 0 Å². The van der Waals surface area contributed by atoms with Crippen molar-refractivity contribution in [2.45, 2.75) is 25.7 Å². The summed E-state index contributed by atoms with van der Waals surface area (Å²) in [4.78, 5) is 4.56. The first-order valence-electron chi connectivity index (χ1n) is 6.43. The molecular formula is C15H17ClN2. The number of aliphatic imine (C=N–C) groups is 1. The van der Waals surface area contributed by atoms with Gasteiger partial charge in [-0.25, -0.2) is 0 Å². The monoisotopic (exact) mass is 260 g/mol. The molecule has 2 aliphatic rings. The average molecular weight is 261 g/mol. The zero-order chi connectivity index (χ0) is 12.7. The number of nitrogens with one attached hydrogen (secondary N) is 1. The highest BCUT2D eigenvalue weighted by molar-refractivity contribution is 6.31. The van der Waals surface area contributed by atoms with Crippen molar-refractivity contribution in [3.8, 4) is 0 Å². The van der Waals surface area contributed by atoms with Crippen LogP contribution in [-0.2, 0) is 6.42 Å². The van der Waals surface area contributed by atoms with Gasteiger partial charge in [-0.15, -0.1) is 0 Å². The lowest BCUT2D eigenvalue weighted by molar-refractivity contribution is 0.821. The second-order valence-electron chi connectivity index (χ2n) is 5.09. The van der Waals surface area contributed by atoms with Gasteiger partial charge in [0.1, 0.15) is 5.84 Å². The molecule has 0 fully saturated rings. The normalized spacial score (nSPS) is 21.4. The molecule has 18 heavy (non-hydrogen) atoms. The van der Waals surface area contributed by atoms with Gasteiger partial charge in [-0.2, -0.15) is 0 Å². The van der Waals surface area contributed by atoms with Crippen molar-refractivity contribution in [1.29, 1.82) is 0 Å². The summed E-state index contributed by atoms with van der Waals surface area (Å²) in [6.45, 7) is 7.97. The van der Waals surface area contributed by atoms with E-state index in [-0.39, 0.29) is 0 Å². The summed E-state index contributed by atoms with van der Waals surface area (Å²) >= 11 is 6.24. The molecule has 0 saturated carbocycles. The number of rotatable bonds is 2. The molecule has 1 unspecified atom stereocenters. The van der Waals surface area contributed by atoms with Gasteiger partial charge < -0.3 is 5.32 Å². The lowest BCUT2D eigenvalue weighted by Crippen LogP contribution is -2.24. The first-order valence-corrected chi connectivity index (χ1v) is 6.81. The van der Waals surface area contributed by atoms with Gasteiger partial charge in [-0.1, -0.05) is 23.8 Å². The van der Waals surface area contributed by atoms with Crippen LogP contribution in [0, 0.1) is 0 Å². The minimum absolute atomic E-state index is 0.402. The molecular weight excluding hydrogens is 244 g/mol. The van der Waals surface area contributed by atoms with Gasteiger partial charge in [0.25, 0.3) is 0 Å². The SMILES string of the molecule is C=C(C)c1cc(Cl)cc2c1CCC2C1=NCCN1. The fourth-order valence-electron chi connectivity index (χ4n) is 3.01. The minimum Gasteiger partial charge on any atom is -0.371 e. The molecule has 1 N–H and O–H groups in total. The molecule has 1 heterocycles. The molecule has 1 aromatic carbocycles. The third-order valence-corrected chi connectivity index (χ3v) is 4.02. The number of fused-ring (bicyclic) bond motifs is 1. The Morgan fingerprint density at radius 1 is 1.50 bits per heavy atom.